The first kappa shape index (κ1) is 19.9. The van der Waals surface area contributed by atoms with Gasteiger partial charge in [-0.2, -0.15) is 0 Å². The molecule has 7 heteroatoms. The quantitative estimate of drug-likeness (QED) is 0.575. The summed E-state index contributed by atoms with van der Waals surface area (Å²) in [6.45, 7) is 2.84. The van der Waals surface area contributed by atoms with E-state index in [-0.39, 0.29) is 17.2 Å². The van der Waals surface area contributed by atoms with Gasteiger partial charge in [-0.3, -0.25) is 9.59 Å². The van der Waals surface area contributed by atoms with Crippen molar-refractivity contribution in [1.29, 1.82) is 0 Å². The maximum atomic E-state index is 12.4. The van der Waals surface area contributed by atoms with E-state index in [9.17, 15) is 19.5 Å². The fourth-order valence-corrected chi connectivity index (χ4v) is 2.75. The van der Waals surface area contributed by atoms with E-state index in [0.717, 1.165) is 10.8 Å². The van der Waals surface area contributed by atoms with Gasteiger partial charge in [0.2, 0.25) is 5.91 Å². The average Bonchev–Trinajstić information content (AvgIpc) is 2.68. The minimum atomic E-state index is -1.08. The van der Waals surface area contributed by atoms with Crippen LogP contribution in [-0.2, 0) is 14.3 Å². The number of anilines is 2. The highest BCUT2D eigenvalue weighted by atomic mass is 16.5. The summed E-state index contributed by atoms with van der Waals surface area (Å²) in [6.07, 6.45) is -1.08. The molecule has 0 aliphatic heterocycles. The van der Waals surface area contributed by atoms with Crippen LogP contribution in [-0.4, -0.2) is 29.0 Å². The molecule has 0 aliphatic carbocycles. The van der Waals surface area contributed by atoms with Crippen molar-refractivity contribution in [1.82, 2.24) is 0 Å². The highest BCUT2D eigenvalue weighted by Crippen LogP contribution is 2.26. The van der Waals surface area contributed by atoms with Gasteiger partial charge in [-0.1, -0.05) is 24.3 Å². The fourth-order valence-electron chi connectivity index (χ4n) is 2.75. The Morgan fingerprint density at radius 3 is 2.03 bits per heavy atom. The Balaban J connectivity index is 1.65. The number of carbonyl (C=O) groups excluding carboxylic acids is 3. The van der Waals surface area contributed by atoms with Crippen molar-refractivity contribution in [2.75, 3.05) is 10.6 Å². The number of phenols is 1. The highest BCUT2D eigenvalue weighted by molar-refractivity contribution is 6.01. The van der Waals surface area contributed by atoms with E-state index >= 15 is 0 Å². The van der Waals surface area contributed by atoms with Crippen molar-refractivity contribution in [2.24, 2.45) is 0 Å². The van der Waals surface area contributed by atoms with Gasteiger partial charge in [0.15, 0.2) is 6.10 Å². The van der Waals surface area contributed by atoms with Gasteiger partial charge in [0, 0.05) is 18.3 Å². The molecule has 29 heavy (non-hydrogen) atoms. The van der Waals surface area contributed by atoms with Gasteiger partial charge in [0.1, 0.15) is 11.3 Å². The summed E-state index contributed by atoms with van der Waals surface area (Å²) in [4.78, 5) is 35.8. The van der Waals surface area contributed by atoms with Crippen molar-refractivity contribution in [2.45, 2.75) is 20.0 Å². The molecule has 3 rings (SSSR count). The number of esters is 1. The second-order valence-corrected chi connectivity index (χ2v) is 6.51. The molecule has 0 saturated heterocycles. The van der Waals surface area contributed by atoms with Gasteiger partial charge in [0.25, 0.3) is 5.91 Å². The summed E-state index contributed by atoms with van der Waals surface area (Å²) in [6, 6.07) is 16.8. The Kier molecular flexibility index (Phi) is 5.78. The largest absolute Gasteiger partial charge is 0.507 e. The van der Waals surface area contributed by atoms with Crippen molar-refractivity contribution >= 4 is 39.9 Å². The molecular weight excluding hydrogens is 372 g/mol. The minimum absolute atomic E-state index is 0.0111. The van der Waals surface area contributed by atoms with E-state index in [1.807, 2.05) is 24.3 Å². The third-order valence-corrected chi connectivity index (χ3v) is 4.21. The summed E-state index contributed by atoms with van der Waals surface area (Å²) < 4.78 is 5.21. The zero-order valence-corrected chi connectivity index (χ0v) is 15.9. The Morgan fingerprint density at radius 2 is 1.45 bits per heavy atom. The predicted molar refractivity (Wildman–Crippen MR) is 110 cm³/mol. The molecule has 0 saturated carbocycles. The fraction of sp³-hybridized carbons (Fsp3) is 0.136. The maximum Gasteiger partial charge on any atom is 0.342 e. The third-order valence-electron chi connectivity index (χ3n) is 4.21. The number of nitrogens with one attached hydrogen (secondary N) is 2. The number of carbonyl (C=O) groups is 3. The number of rotatable bonds is 5. The molecule has 7 nitrogen and oxygen atoms in total. The molecule has 0 aromatic heterocycles. The molecule has 0 spiro atoms. The number of fused-ring (bicyclic) bond motifs is 1. The summed E-state index contributed by atoms with van der Waals surface area (Å²) in [5, 5.41) is 16.9. The first-order valence-electron chi connectivity index (χ1n) is 8.95. The molecule has 0 unspecified atom stereocenters. The normalized spacial score (nSPS) is 11.5. The van der Waals surface area contributed by atoms with Crippen LogP contribution >= 0.6 is 0 Å². The molecule has 2 amide bonds. The molecule has 3 N–H and O–H groups in total. The zero-order valence-electron chi connectivity index (χ0n) is 15.9. The first-order valence-corrected chi connectivity index (χ1v) is 8.95. The van der Waals surface area contributed by atoms with E-state index in [4.69, 9.17) is 4.74 Å². The summed E-state index contributed by atoms with van der Waals surface area (Å²) in [5.41, 5.74) is 1.07. The van der Waals surface area contributed by atoms with Crippen LogP contribution in [0.4, 0.5) is 11.4 Å². The molecule has 1 atom stereocenters. The van der Waals surface area contributed by atoms with Crippen LogP contribution < -0.4 is 10.6 Å². The number of amides is 2. The number of hydrogen-bond acceptors (Lipinski definition) is 5. The standard InChI is InChI=1S/C22H20N2O5/c1-13(21(27)24-18-9-7-17(8-10-18)23-14(2)25)29-22(28)19-11-15-5-3-4-6-16(15)12-20(19)26/h3-13,26H,1-2H3,(H,23,25)(H,24,27)/t13-/m0/s1. The monoisotopic (exact) mass is 392 g/mol. The van der Waals surface area contributed by atoms with Crippen molar-refractivity contribution in [3.05, 3.63) is 66.2 Å². The van der Waals surface area contributed by atoms with E-state index in [0.29, 0.717) is 11.4 Å². The van der Waals surface area contributed by atoms with Gasteiger partial charge < -0.3 is 20.5 Å². The lowest BCUT2D eigenvalue weighted by atomic mass is 10.1. The number of aromatic hydroxyl groups is 1. The second-order valence-electron chi connectivity index (χ2n) is 6.51. The number of ether oxygens (including phenoxy) is 1. The van der Waals surface area contributed by atoms with Crippen LogP contribution in [0, 0.1) is 0 Å². The first-order chi connectivity index (χ1) is 13.8. The number of hydrogen-bond donors (Lipinski definition) is 3. The third kappa shape index (κ3) is 4.90. The van der Waals surface area contributed by atoms with E-state index in [2.05, 4.69) is 10.6 Å². The molecule has 3 aromatic rings. The van der Waals surface area contributed by atoms with Crippen LogP contribution in [0.1, 0.15) is 24.2 Å². The SMILES string of the molecule is CC(=O)Nc1ccc(NC(=O)[C@H](C)OC(=O)c2cc3ccccc3cc2O)cc1. The zero-order chi connectivity index (χ0) is 21.0. The Labute approximate surface area is 167 Å². The van der Waals surface area contributed by atoms with Gasteiger partial charge in [-0.05, 0) is 54.1 Å². The molecule has 3 aromatic carbocycles. The van der Waals surface area contributed by atoms with Crippen molar-refractivity contribution < 1.29 is 24.2 Å². The van der Waals surface area contributed by atoms with Gasteiger partial charge >= 0.3 is 5.97 Å². The van der Waals surface area contributed by atoms with Crippen LogP contribution in [0.15, 0.2) is 60.7 Å². The van der Waals surface area contributed by atoms with E-state index < -0.39 is 18.0 Å². The highest BCUT2D eigenvalue weighted by Gasteiger charge is 2.21. The van der Waals surface area contributed by atoms with Crippen LogP contribution in [0.3, 0.4) is 0 Å². The molecule has 0 bridgehead atoms. The molecule has 148 valence electrons. The summed E-state index contributed by atoms with van der Waals surface area (Å²) >= 11 is 0. The molecular formula is C22H20N2O5. The molecule has 0 radical (unpaired) electrons. The van der Waals surface area contributed by atoms with Gasteiger partial charge in [0.05, 0.1) is 0 Å². The second kappa shape index (κ2) is 8.43. The minimum Gasteiger partial charge on any atom is -0.507 e. The smallest absolute Gasteiger partial charge is 0.342 e. The van der Waals surface area contributed by atoms with Crippen LogP contribution in [0.25, 0.3) is 10.8 Å². The lowest BCUT2D eigenvalue weighted by molar-refractivity contribution is -0.123. The Morgan fingerprint density at radius 1 is 0.897 bits per heavy atom. The van der Waals surface area contributed by atoms with Gasteiger partial charge in [-0.25, -0.2) is 4.79 Å². The van der Waals surface area contributed by atoms with E-state index in [1.54, 1.807) is 24.3 Å². The lowest BCUT2D eigenvalue weighted by Gasteiger charge is -2.14. The summed E-state index contributed by atoms with van der Waals surface area (Å²) in [7, 11) is 0. The Hall–Kier alpha value is -3.87. The average molecular weight is 392 g/mol. The maximum absolute atomic E-state index is 12.4. The number of benzene rings is 3. The van der Waals surface area contributed by atoms with Crippen molar-refractivity contribution in [3.8, 4) is 5.75 Å². The predicted octanol–water partition coefficient (Wildman–Crippen LogP) is 3.69. The van der Waals surface area contributed by atoms with Crippen molar-refractivity contribution in [3.63, 3.8) is 0 Å². The molecule has 0 aliphatic rings. The Bertz CT molecular complexity index is 1080. The lowest BCUT2D eigenvalue weighted by Crippen LogP contribution is -2.30. The number of phenolic OH excluding ortho intramolecular Hbond substituents is 1. The van der Waals surface area contributed by atoms with E-state index in [1.165, 1.54) is 26.0 Å². The van der Waals surface area contributed by atoms with Crippen LogP contribution in [0.2, 0.25) is 0 Å². The topological polar surface area (TPSA) is 105 Å². The molecule has 0 fully saturated rings. The summed E-state index contributed by atoms with van der Waals surface area (Å²) in [5.74, 6) is -1.73. The van der Waals surface area contributed by atoms with Crippen LogP contribution in [0.5, 0.6) is 5.75 Å². The molecule has 0 heterocycles. The van der Waals surface area contributed by atoms with Gasteiger partial charge in [-0.15, -0.1) is 0 Å².